The van der Waals surface area contributed by atoms with Gasteiger partial charge in [-0.15, -0.1) is 0 Å². The second-order valence-electron chi connectivity index (χ2n) is 5.01. The Morgan fingerprint density at radius 3 is 0.933 bits per heavy atom. The number of ether oxygens (including phenoxy) is 6. The fraction of sp³-hybridized carbons (Fsp3) is 0.500. The van der Waals surface area contributed by atoms with Crippen molar-refractivity contribution in [3.05, 3.63) is 0 Å². The average molecular weight is 440 g/mol. The zero-order valence-corrected chi connectivity index (χ0v) is 15.1. The second-order valence-corrected chi connectivity index (χ2v) is 5.01. The monoisotopic (exact) mass is 440 g/mol. The van der Waals surface area contributed by atoms with Crippen LogP contribution in [0.1, 0.15) is 0 Å². The third-order valence-electron chi connectivity index (χ3n) is 2.88. The van der Waals surface area contributed by atoms with E-state index in [0.29, 0.717) is 0 Å². The highest BCUT2D eigenvalue weighted by Crippen LogP contribution is 2.20. The fourth-order valence-electron chi connectivity index (χ4n) is 2.00. The first kappa shape index (κ1) is 25.6. The summed E-state index contributed by atoms with van der Waals surface area (Å²) in [5.74, 6) is 0. The van der Waals surface area contributed by atoms with E-state index in [1.54, 1.807) is 0 Å². The van der Waals surface area contributed by atoms with Crippen LogP contribution in [0.25, 0.3) is 0 Å². The van der Waals surface area contributed by atoms with Gasteiger partial charge in [-0.05, 0) is 0 Å². The molecule has 0 unspecified atom stereocenters. The average Bonchev–Trinajstić information content (AvgIpc) is 2.57. The van der Waals surface area contributed by atoms with Gasteiger partial charge in [-0.25, -0.2) is 28.8 Å². The Labute approximate surface area is 166 Å². The maximum absolute atomic E-state index is 11.3. The fourth-order valence-corrected chi connectivity index (χ4v) is 2.00. The van der Waals surface area contributed by atoms with Gasteiger partial charge in [-0.3, -0.25) is 0 Å². The van der Waals surface area contributed by atoms with E-state index in [-0.39, 0.29) is 0 Å². The molecular weight excluding hydrogens is 420 g/mol. The van der Waals surface area contributed by atoms with Crippen molar-refractivity contribution < 1.29 is 57.2 Å². The van der Waals surface area contributed by atoms with Crippen LogP contribution in [0.15, 0.2) is 0 Å². The molecule has 0 aliphatic rings. The first-order chi connectivity index (χ1) is 13.8. The molecule has 0 spiro atoms. The van der Waals surface area contributed by atoms with E-state index in [9.17, 15) is 28.8 Å². The Morgan fingerprint density at radius 2 is 0.733 bits per heavy atom. The number of nitrogens with two attached hydrogens (primary N) is 6. The lowest BCUT2D eigenvalue weighted by molar-refractivity contribution is -0.126. The summed E-state index contributed by atoms with van der Waals surface area (Å²) in [5, 5.41) is 0. The molecule has 0 bridgehead atoms. The number of carbonyl (C=O) groups excluding carboxylic acids is 6. The largest absolute Gasteiger partial charge is 0.446 e. The van der Waals surface area contributed by atoms with Gasteiger partial charge in [0.1, 0.15) is 13.2 Å². The third-order valence-corrected chi connectivity index (χ3v) is 2.88. The molecule has 0 aliphatic heterocycles. The molecule has 0 aliphatic carbocycles. The Hall–Kier alpha value is -4.38. The van der Waals surface area contributed by atoms with Gasteiger partial charge < -0.3 is 62.8 Å². The minimum atomic E-state index is -2.01. The quantitative estimate of drug-likeness (QED) is 0.175. The Bertz CT molecular complexity index is 616. The molecule has 0 rings (SSSR count). The van der Waals surface area contributed by atoms with Gasteiger partial charge in [0, 0.05) is 0 Å². The van der Waals surface area contributed by atoms with E-state index in [1.807, 2.05) is 0 Å². The van der Waals surface area contributed by atoms with Crippen LogP contribution < -0.4 is 34.4 Å². The standard InChI is InChI=1S/C12H20N6O12/c13-7(19)25-1-3(27-9(15)21)5(29-11(17)23)6(30-12(18)24)4(28-10(16)22)2-26-8(14)20/h3-6H,1-2H2,(H2,13,19)(H2,14,20)(H2,15,21)(H2,16,22)(H2,17,23)(H2,18,24)/t3-,4-,5-,6-/m1/s1. The minimum absolute atomic E-state index is 0.922. The van der Waals surface area contributed by atoms with Crippen LogP contribution in [0.2, 0.25) is 0 Å². The highest BCUT2D eigenvalue weighted by molar-refractivity contribution is 5.68. The maximum Gasteiger partial charge on any atom is 0.405 e. The summed E-state index contributed by atoms with van der Waals surface area (Å²) < 4.78 is 27.6. The highest BCUT2D eigenvalue weighted by atomic mass is 16.7. The zero-order chi connectivity index (χ0) is 23.4. The molecule has 0 aromatic rings. The lowest BCUT2D eigenvalue weighted by atomic mass is 10.0. The predicted octanol–water partition coefficient (Wildman–Crippen LogP) is -2.97. The van der Waals surface area contributed by atoms with E-state index >= 15 is 0 Å². The molecule has 0 fully saturated rings. The summed E-state index contributed by atoms with van der Waals surface area (Å²) in [6.07, 6.45) is -16.5. The van der Waals surface area contributed by atoms with E-state index in [2.05, 4.69) is 18.9 Å². The van der Waals surface area contributed by atoms with Gasteiger partial charge in [-0.1, -0.05) is 0 Å². The van der Waals surface area contributed by atoms with Gasteiger partial charge >= 0.3 is 36.6 Å². The number of rotatable bonds is 11. The van der Waals surface area contributed by atoms with Crippen molar-refractivity contribution >= 4 is 36.6 Å². The molecule has 18 nitrogen and oxygen atoms in total. The van der Waals surface area contributed by atoms with Crippen LogP contribution in [0.5, 0.6) is 0 Å². The lowest BCUT2D eigenvalue weighted by Gasteiger charge is -2.34. The molecule has 0 saturated heterocycles. The molecule has 30 heavy (non-hydrogen) atoms. The summed E-state index contributed by atoms with van der Waals surface area (Å²) >= 11 is 0. The Balaban J connectivity index is 6.19. The molecule has 0 saturated carbocycles. The summed E-state index contributed by atoms with van der Waals surface area (Å²) in [7, 11) is 0. The van der Waals surface area contributed by atoms with Crippen molar-refractivity contribution in [2.24, 2.45) is 34.4 Å². The van der Waals surface area contributed by atoms with Crippen LogP contribution in [0.4, 0.5) is 28.8 Å². The normalized spacial score (nSPS) is 14.0. The number of primary amides is 6. The van der Waals surface area contributed by atoms with Gasteiger partial charge in [0.15, 0.2) is 24.4 Å². The van der Waals surface area contributed by atoms with Crippen LogP contribution in [0.3, 0.4) is 0 Å². The third kappa shape index (κ3) is 10.7. The minimum Gasteiger partial charge on any atom is -0.446 e. The molecule has 4 atom stereocenters. The molecular formula is C12H20N6O12. The van der Waals surface area contributed by atoms with Gasteiger partial charge in [-0.2, -0.15) is 0 Å². The van der Waals surface area contributed by atoms with Crippen LogP contribution >= 0.6 is 0 Å². The summed E-state index contributed by atoms with van der Waals surface area (Å²) in [6, 6.07) is 0. The van der Waals surface area contributed by atoms with E-state index in [4.69, 9.17) is 43.9 Å². The predicted molar refractivity (Wildman–Crippen MR) is 88.9 cm³/mol. The van der Waals surface area contributed by atoms with Gasteiger partial charge in [0.2, 0.25) is 0 Å². The van der Waals surface area contributed by atoms with Crippen molar-refractivity contribution in [1.82, 2.24) is 0 Å². The van der Waals surface area contributed by atoms with Crippen molar-refractivity contribution in [3.8, 4) is 0 Å². The number of carbonyl (C=O) groups is 6. The van der Waals surface area contributed by atoms with Crippen LogP contribution in [-0.2, 0) is 28.4 Å². The zero-order valence-electron chi connectivity index (χ0n) is 15.1. The van der Waals surface area contributed by atoms with Crippen LogP contribution in [0, 0.1) is 0 Å². The number of hydrogen-bond donors (Lipinski definition) is 6. The molecule has 170 valence electrons. The SMILES string of the molecule is NC(=O)OC[C@@H](OC(N)=O)[C@@H](OC(N)=O)[C@H](OC(N)=O)[C@@H](COC(N)=O)OC(N)=O. The topological polar surface area (TPSA) is 314 Å². The molecule has 18 heteroatoms. The molecule has 0 aromatic heterocycles. The van der Waals surface area contributed by atoms with Crippen molar-refractivity contribution in [1.29, 1.82) is 0 Å². The Kier molecular flexibility index (Phi) is 10.4. The summed E-state index contributed by atoms with van der Waals surface area (Å²) in [6.45, 7) is -1.84. The molecule has 0 heterocycles. The highest BCUT2D eigenvalue weighted by Gasteiger charge is 2.45. The van der Waals surface area contributed by atoms with Crippen molar-refractivity contribution in [2.45, 2.75) is 24.4 Å². The van der Waals surface area contributed by atoms with Gasteiger partial charge in [0.05, 0.1) is 0 Å². The smallest absolute Gasteiger partial charge is 0.405 e. The van der Waals surface area contributed by atoms with E-state index in [1.165, 1.54) is 0 Å². The molecule has 12 N–H and O–H groups in total. The maximum atomic E-state index is 11.3. The molecule has 0 radical (unpaired) electrons. The van der Waals surface area contributed by atoms with E-state index < -0.39 is 74.2 Å². The molecule has 0 aromatic carbocycles. The van der Waals surface area contributed by atoms with Crippen molar-refractivity contribution in [3.63, 3.8) is 0 Å². The lowest BCUT2D eigenvalue weighted by Crippen LogP contribution is -2.56. The first-order valence-corrected chi connectivity index (χ1v) is 7.52. The number of amides is 6. The Morgan fingerprint density at radius 1 is 0.467 bits per heavy atom. The summed E-state index contributed by atoms with van der Waals surface area (Å²) in [4.78, 5) is 66.8. The van der Waals surface area contributed by atoms with Gasteiger partial charge in [0.25, 0.3) is 0 Å². The summed E-state index contributed by atoms with van der Waals surface area (Å²) in [5.41, 5.74) is 29.3. The van der Waals surface area contributed by atoms with Crippen LogP contribution in [-0.4, -0.2) is 74.2 Å². The van der Waals surface area contributed by atoms with E-state index in [0.717, 1.165) is 0 Å². The molecule has 6 amide bonds. The second kappa shape index (κ2) is 12.2. The first-order valence-electron chi connectivity index (χ1n) is 7.52. The number of hydrogen-bond acceptors (Lipinski definition) is 12. The van der Waals surface area contributed by atoms with Crippen molar-refractivity contribution in [2.75, 3.05) is 13.2 Å².